The summed E-state index contributed by atoms with van der Waals surface area (Å²) in [5.74, 6) is 0.337. The molecule has 2 rings (SSSR count). The Balaban J connectivity index is 0.00000274. The zero-order chi connectivity index (χ0) is 26.8. The molecule has 0 bridgehead atoms. The lowest BCUT2D eigenvalue weighted by Crippen LogP contribution is -2.12. The Morgan fingerprint density at radius 3 is 2.40 bits per heavy atom. The highest BCUT2D eigenvalue weighted by molar-refractivity contribution is 5.87. The number of benzene rings is 1. The number of carboxylic acids is 1. The lowest BCUT2D eigenvalue weighted by atomic mass is 9.92. The van der Waals surface area contributed by atoms with Crippen LogP contribution in [0.5, 0.6) is 5.75 Å². The van der Waals surface area contributed by atoms with Crippen molar-refractivity contribution in [2.24, 2.45) is 5.92 Å². The molecule has 0 aromatic heterocycles. The van der Waals surface area contributed by atoms with Crippen LogP contribution in [0.4, 0.5) is 0 Å². The van der Waals surface area contributed by atoms with Crippen LogP contribution < -0.4 is 4.74 Å². The third-order valence-corrected chi connectivity index (χ3v) is 5.22. The van der Waals surface area contributed by atoms with Crippen molar-refractivity contribution in [1.29, 1.82) is 0 Å². The van der Waals surface area contributed by atoms with Gasteiger partial charge in [0, 0.05) is 24.5 Å². The van der Waals surface area contributed by atoms with Crippen molar-refractivity contribution in [2.45, 2.75) is 67.4 Å². The van der Waals surface area contributed by atoms with Gasteiger partial charge in [0.05, 0.1) is 6.10 Å². The Morgan fingerprint density at radius 1 is 1.23 bits per heavy atom. The number of aryl methyl sites for hydroxylation is 1. The van der Waals surface area contributed by atoms with Gasteiger partial charge in [-0.15, -0.1) is 13.2 Å². The number of hydrogen-bond acceptors (Lipinski definition) is 3. The van der Waals surface area contributed by atoms with Crippen molar-refractivity contribution in [3.63, 3.8) is 0 Å². The minimum absolute atomic E-state index is 0.0367. The van der Waals surface area contributed by atoms with Gasteiger partial charge in [0.25, 0.3) is 0 Å². The van der Waals surface area contributed by atoms with Crippen molar-refractivity contribution in [3.05, 3.63) is 102 Å². The number of ether oxygens (including phenoxy) is 2. The van der Waals surface area contributed by atoms with Crippen molar-refractivity contribution >= 4 is 5.97 Å². The molecule has 1 aliphatic carbocycles. The fourth-order valence-electron chi connectivity index (χ4n) is 3.21. The summed E-state index contributed by atoms with van der Waals surface area (Å²) in [6.07, 6.45) is 12.9. The van der Waals surface area contributed by atoms with Crippen LogP contribution in [-0.2, 0) is 9.53 Å². The molecule has 2 atom stereocenters. The molecule has 1 aromatic rings. The Hall–Kier alpha value is -3.11. The minimum Gasteiger partial charge on any atom is -0.478 e. The van der Waals surface area contributed by atoms with Crippen LogP contribution in [0.1, 0.15) is 59.9 Å². The lowest BCUT2D eigenvalue weighted by Gasteiger charge is -2.19. The predicted octanol–water partition coefficient (Wildman–Crippen LogP) is 8.38. The largest absolute Gasteiger partial charge is 0.478 e. The van der Waals surface area contributed by atoms with E-state index in [-0.39, 0.29) is 18.4 Å². The normalized spacial score (nSPS) is 19.7. The van der Waals surface area contributed by atoms with E-state index in [4.69, 9.17) is 9.47 Å². The second kappa shape index (κ2) is 18.2. The molecule has 35 heavy (non-hydrogen) atoms. The average Bonchev–Trinajstić information content (AvgIpc) is 2.86. The first-order chi connectivity index (χ1) is 16.8. The van der Waals surface area contributed by atoms with Crippen LogP contribution in [-0.4, -0.2) is 23.8 Å². The number of rotatable bonds is 9. The molecule has 0 radical (unpaired) electrons. The smallest absolute Gasteiger partial charge is 0.332 e. The van der Waals surface area contributed by atoms with E-state index in [9.17, 15) is 9.90 Å². The Labute approximate surface area is 213 Å². The average molecular weight is 481 g/mol. The molecule has 2 unspecified atom stereocenters. The van der Waals surface area contributed by atoms with Gasteiger partial charge in [-0.05, 0) is 63.5 Å². The van der Waals surface area contributed by atoms with Gasteiger partial charge in [0.1, 0.15) is 11.5 Å². The van der Waals surface area contributed by atoms with Crippen LogP contribution in [0.2, 0.25) is 0 Å². The summed E-state index contributed by atoms with van der Waals surface area (Å²) < 4.78 is 12.0. The lowest BCUT2D eigenvalue weighted by molar-refractivity contribution is -0.132. The molecule has 4 nitrogen and oxygen atoms in total. The summed E-state index contributed by atoms with van der Waals surface area (Å²) in [4.78, 5) is 11.6. The van der Waals surface area contributed by atoms with E-state index in [0.717, 1.165) is 29.7 Å². The second-order valence-corrected chi connectivity index (χ2v) is 7.82. The second-order valence-electron chi connectivity index (χ2n) is 7.82. The van der Waals surface area contributed by atoms with Gasteiger partial charge in [-0.25, -0.2) is 4.79 Å². The molecule has 0 spiro atoms. The molecule has 192 valence electrons. The quantitative estimate of drug-likeness (QED) is 0.285. The zero-order valence-corrected chi connectivity index (χ0v) is 22.6. The molecule has 0 aliphatic heterocycles. The van der Waals surface area contributed by atoms with Crippen LogP contribution in [0.15, 0.2) is 96.4 Å². The van der Waals surface area contributed by atoms with Gasteiger partial charge in [-0.1, -0.05) is 68.8 Å². The molecule has 1 N–H and O–H groups in total. The molecular weight excluding hydrogens is 436 g/mol. The standard InChI is InChI=1S/C27H34O4.C2H6.C2H4/c1-6-15-30-21(5)20(4)16-22(7-2)23-9-8-10-24(27(28)29)18-26(17-23)31-25-13-11-19(3)12-14-25;2*1-2/h7-14,16-17,21,23H,6,15,18H2,1-5H3,(H,28,29);1-2H3;1-2H2/b9-8?,20-16-,22-7+,24-10+,26-17+;;. The summed E-state index contributed by atoms with van der Waals surface area (Å²) in [7, 11) is 0. The van der Waals surface area contributed by atoms with Gasteiger partial charge in [0.2, 0.25) is 0 Å². The highest BCUT2D eigenvalue weighted by atomic mass is 16.5. The Bertz CT molecular complexity index is 914. The fourth-order valence-corrected chi connectivity index (χ4v) is 3.21. The summed E-state index contributed by atoms with van der Waals surface area (Å²) in [5, 5.41) is 9.53. The third-order valence-electron chi connectivity index (χ3n) is 5.22. The van der Waals surface area contributed by atoms with Gasteiger partial charge in [-0.3, -0.25) is 0 Å². The summed E-state index contributed by atoms with van der Waals surface area (Å²) in [6, 6.07) is 7.76. The monoisotopic (exact) mass is 480 g/mol. The van der Waals surface area contributed by atoms with Crippen LogP contribution in [0, 0.1) is 12.8 Å². The molecule has 0 saturated heterocycles. The molecule has 1 aliphatic rings. The first-order valence-corrected chi connectivity index (χ1v) is 12.4. The van der Waals surface area contributed by atoms with E-state index in [1.54, 1.807) is 6.08 Å². The molecule has 0 fully saturated rings. The number of aliphatic carboxylic acids is 1. The van der Waals surface area contributed by atoms with Crippen LogP contribution in [0.3, 0.4) is 0 Å². The van der Waals surface area contributed by atoms with Gasteiger partial charge in [0.15, 0.2) is 0 Å². The van der Waals surface area contributed by atoms with Crippen molar-refractivity contribution in [1.82, 2.24) is 0 Å². The maximum Gasteiger partial charge on any atom is 0.332 e. The molecule has 1 aromatic carbocycles. The fraction of sp³-hybridized carbons (Fsp3) is 0.387. The van der Waals surface area contributed by atoms with Crippen LogP contribution in [0.25, 0.3) is 0 Å². The highest BCUT2D eigenvalue weighted by Crippen LogP contribution is 2.27. The number of carbonyl (C=O) groups is 1. The Kier molecular flexibility index (Phi) is 16.6. The van der Waals surface area contributed by atoms with E-state index in [0.29, 0.717) is 17.1 Å². The van der Waals surface area contributed by atoms with E-state index < -0.39 is 5.97 Å². The number of hydrogen-bond donors (Lipinski definition) is 1. The predicted molar refractivity (Wildman–Crippen MR) is 149 cm³/mol. The summed E-state index contributed by atoms with van der Waals surface area (Å²) in [6.45, 7) is 21.0. The molecule has 0 heterocycles. The molecule has 4 heteroatoms. The summed E-state index contributed by atoms with van der Waals surface area (Å²) in [5.41, 5.74) is 3.69. The number of allylic oxidation sites excluding steroid dienone is 8. The topological polar surface area (TPSA) is 55.8 Å². The van der Waals surface area contributed by atoms with Crippen molar-refractivity contribution in [2.75, 3.05) is 6.61 Å². The Morgan fingerprint density at radius 2 is 1.86 bits per heavy atom. The highest BCUT2D eigenvalue weighted by Gasteiger charge is 2.17. The summed E-state index contributed by atoms with van der Waals surface area (Å²) >= 11 is 0. The van der Waals surface area contributed by atoms with Gasteiger partial charge < -0.3 is 14.6 Å². The third kappa shape index (κ3) is 11.7. The first kappa shape index (κ1) is 31.9. The number of carboxylic acid groups (broad SMARTS) is 1. The first-order valence-electron chi connectivity index (χ1n) is 12.4. The molecule has 0 amide bonds. The van der Waals surface area contributed by atoms with E-state index >= 15 is 0 Å². The zero-order valence-electron chi connectivity index (χ0n) is 22.6. The van der Waals surface area contributed by atoms with Crippen molar-refractivity contribution in [3.8, 4) is 5.75 Å². The maximum absolute atomic E-state index is 11.6. The minimum atomic E-state index is -0.939. The maximum atomic E-state index is 11.6. The van der Waals surface area contributed by atoms with E-state index in [1.165, 1.54) is 0 Å². The van der Waals surface area contributed by atoms with Crippen LogP contribution >= 0.6 is 0 Å². The van der Waals surface area contributed by atoms with E-state index in [1.807, 2.05) is 70.2 Å². The molecular formula is C31H44O4. The van der Waals surface area contributed by atoms with Gasteiger partial charge in [-0.2, -0.15) is 0 Å². The van der Waals surface area contributed by atoms with Gasteiger partial charge >= 0.3 is 5.97 Å². The molecule has 0 saturated carbocycles. The van der Waals surface area contributed by atoms with E-state index in [2.05, 4.69) is 46.1 Å². The van der Waals surface area contributed by atoms with Crippen molar-refractivity contribution < 1.29 is 19.4 Å². The SMILES string of the molecule is C/C=C(\C=C(\C)C(C)OCCC)C1C=C/C=C(/C(=O)O)C/C(Oc2ccc(C)cc2)=C\1.C=C.CC.